The van der Waals surface area contributed by atoms with Gasteiger partial charge in [0, 0.05) is 24.4 Å². The molecule has 6 nitrogen and oxygen atoms in total. The molecule has 1 atom stereocenters. The van der Waals surface area contributed by atoms with E-state index in [4.69, 9.17) is 4.74 Å². The molecule has 0 fully saturated rings. The number of rotatable bonds is 9. The van der Waals surface area contributed by atoms with Crippen molar-refractivity contribution in [2.75, 3.05) is 18.5 Å². The Morgan fingerprint density at radius 3 is 2.52 bits per heavy atom. The molecule has 1 aromatic carbocycles. The van der Waals surface area contributed by atoms with Crippen LogP contribution >= 0.6 is 0 Å². The first-order chi connectivity index (χ1) is 10.0. The van der Waals surface area contributed by atoms with Crippen LogP contribution in [0.3, 0.4) is 0 Å². The van der Waals surface area contributed by atoms with E-state index in [1.54, 1.807) is 19.1 Å². The summed E-state index contributed by atoms with van der Waals surface area (Å²) in [6.45, 7) is 6.66. The maximum atomic E-state index is 10.9. The van der Waals surface area contributed by atoms with E-state index in [2.05, 4.69) is 19.2 Å². The molecule has 0 radical (unpaired) electrons. The Morgan fingerprint density at radius 1 is 1.33 bits per heavy atom. The van der Waals surface area contributed by atoms with Gasteiger partial charge in [-0.25, -0.2) is 0 Å². The van der Waals surface area contributed by atoms with Gasteiger partial charge in [-0.2, -0.15) is 0 Å². The molecular formula is C15H24N2O4. The second-order valence-corrected chi connectivity index (χ2v) is 4.90. The standard InChI is InChI=1S/C15H24N2O4/c1-4-11(5-2)14(18)10-16-12-7-8-13(17(19)20)15(9-12)21-6-3/h7-9,11,14,16,18H,4-6,10H2,1-3H3. The van der Waals surface area contributed by atoms with Crippen LogP contribution in [0.15, 0.2) is 18.2 Å². The number of hydrogen-bond acceptors (Lipinski definition) is 5. The van der Waals surface area contributed by atoms with Gasteiger partial charge in [-0.05, 0) is 18.9 Å². The molecule has 6 heteroatoms. The van der Waals surface area contributed by atoms with Gasteiger partial charge in [0.25, 0.3) is 0 Å². The number of nitrogens with one attached hydrogen (secondary N) is 1. The van der Waals surface area contributed by atoms with Crippen LogP contribution in [0.1, 0.15) is 33.6 Å². The van der Waals surface area contributed by atoms with Crippen LogP contribution in [0.2, 0.25) is 0 Å². The molecule has 0 saturated heterocycles. The minimum atomic E-state index is -0.464. The molecule has 0 amide bonds. The highest BCUT2D eigenvalue weighted by atomic mass is 16.6. The Labute approximate surface area is 125 Å². The number of ether oxygens (including phenoxy) is 1. The fraction of sp³-hybridized carbons (Fsp3) is 0.600. The first-order valence-corrected chi connectivity index (χ1v) is 7.36. The zero-order chi connectivity index (χ0) is 15.8. The third-order valence-electron chi connectivity index (χ3n) is 3.56. The number of nitro benzene ring substituents is 1. The molecule has 0 aliphatic heterocycles. The number of aliphatic hydroxyl groups is 1. The van der Waals surface area contributed by atoms with Gasteiger partial charge in [-0.1, -0.05) is 26.7 Å². The number of hydrogen-bond donors (Lipinski definition) is 2. The lowest BCUT2D eigenvalue weighted by atomic mass is 9.96. The lowest BCUT2D eigenvalue weighted by Gasteiger charge is -2.21. The molecule has 1 aromatic rings. The molecule has 0 aliphatic rings. The van der Waals surface area contributed by atoms with Crippen LogP contribution in [-0.2, 0) is 0 Å². The molecule has 0 bridgehead atoms. The lowest BCUT2D eigenvalue weighted by molar-refractivity contribution is -0.385. The Bertz CT molecular complexity index is 461. The van der Waals surface area contributed by atoms with E-state index in [1.807, 2.05) is 0 Å². The molecule has 0 aliphatic carbocycles. The van der Waals surface area contributed by atoms with Crippen molar-refractivity contribution in [2.45, 2.75) is 39.7 Å². The second kappa shape index (κ2) is 8.46. The van der Waals surface area contributed by atoms with E-state index in [9.17, 15) is 15.2 Å². The van der Waals surface area contributed by atoms with Gasteiger partial charge in [0.15, 0.2) is 5.75 Å². The van der Waals surface area contributed by atoms with Crippen molar-refractivity contribution in [1.82, 2.24) is 0 Å². The highest BCUT2D eigenvalue weighted by Gasteiger charge is 2.17. The van der Waals surface area contributed by atoms with Crippen molar-refractivity contribution in [3.05, 3.63) is 28.3 Å². The van der Waals surface area contributed by atoms with Gasteiger partial charge in [-0.3, -0.25) is 10.1 Å². The third-order valence-corrected chi connectivity index (χ3v) is 3.56. The van der Waals surface area contributed by atoms with E-state index in [0.29, 0.717) is 18.8 Å². The monoisotopic (exact) mass is 296 g/mol. The number of anilines is 1. The van der Waals surface area contributed by atoms with Gasteiger partial charge in [0.05, 0.1) is 17.6 Å². The SMILES string of the molecule is CCOc1cc(NCC(O)C(CC)CC)ccc1[N+](=O)[O-]. The summed E-state index contributed by atoms with van der Waals surface area (Å²) in [5.41, 5.74) is 0.650. The summed E-state index contributed by atoms with van der Waals surface area (Å²) in [5.74, 6) is 0.492. The summed E-state index contributed by atoms with van der Waals surface area (Å²) < 4.78 is 5.29. The maximum absolute atomic E-state index is 10.9. The van der Waals surface area contributed by atoms with Crippen molar-refractivity contribution in [3.63, 3.8) is 0 Å². The van der Waals surface area contributed by atoms with Crippen molar-refractivity contribution < 1.29 is 14.8 Å². The predicted molar refractivity (Wildman–Crippen MR) is 82.8 cm³/mol. The van der Waals surface area contributed by atoms with Crippen LogP contribution in [0, 0.1) is 16.0 Å². The fourth-order valence-electron chi connectivity index (χ4n) is 2.27. The van der Waals surface area contributed by atoms with Gasteiger partial charge in [0.2, 0.25) is 0 Å². The first kappa shape index (κ1) is 17.2. The molecule has 2 N–H and O–H groups in total. The van der Waals surface area contributed by atoms with Crippen molar-refractivity contribution in [2.24, 2.45) is 5.92 Å². The fourth-order valence-corrected chi connectivity index (χ4v) is 2.27. The number of aliphatic hydroxyl groups excluding tert-OH is 1. The first-order valence-electron chi connectivity index (χ1n) is 7.36. The molecule has 1 rings (SSSR count). The van der Waals surface area contributed by atoms with Gasteiger partial charge >= 0.3 is 5.69 Å². The number of nitro groups is 1. The minimum absolute atomic E-state index is 0.0528. The second-order valence-electron chi connectivity index (χ2n) is 4.90. The topological polar surface area (TPSA) is 84.6 Å². The van der Waals surface area contributed by atoms with E-state index >= 15 is 0 Å². The minimum Gasteiger partial charge on any atom is -0.487 e. The zero-order valence-corrected chi connectivity index (χ0v) is 12.8. The zero-order valence-electron chi connectivity index (χ0n) is 12.8. The van der Waals surface area contributed by atoms with Crippen molar-refractivity contribution >= 4 is 11.4 Å². The maximum Gasteiger partial charge on any atom is 0.311 e. The average Bonchev–Trinajstić information content (AvgIpc) is 2.46. The average molecular weight is 296 g/mol. The molecule has 21 heavy (non-hydrogen) atoms. The largest absolute Gasteiger partial charge is 0.487 e. The summed E-state index contributed by atoms with van der Waals surface area (Å²) in [7, 11) is 0. The van der Waals surface area contributed by atoms with Crippen LogP contribution in [0.4, 0.5) is 11.4 Å². The van der Waals surface area contributed by atoms with Crippen LogP contribution in [0.25, 0.3) is 0 Å². The number of nitrogens with zero attached hydrogens (tertiary/aromatic N) is 1. The third kappa shape index (κ3) is 4.90. The Hall–Kier alpha value is -1.82. The highest BCUT2D eigenvalue weighted by Crippen LogP contribution is 2.30. The highest BCUT2D eigenvalue weighted by molar-refractivity contribution is 5.58. The molecule has 1 unspecified atom stereocenters. The quantitative estimate of drug-likeness (QED) is 0.540. The van der Waals surface area contributed by atoms with Crippen LogP contribution in [0.5, 0.6) is 5.75 Å². The smallest absolute Gasteiger partial charge is 0.311 e. The summed E-state index contributed by atoms with van der Waals surface area (Å²) in [6, 6.07) is 4.64. The molecule has 0 heterocycles. The van der Waals surface area contributed by atoms with Gasteiger partial charge < -0.3 is 15.2 Å². The summed E-state index contributed by atoms with van der Waals surface area (Å²) in [6.07, 6.45) is 1.40. The normalized spacial score (nSPS) is 12.2. The molecule has 0 saturated carbocycles. The molecule has 0 spiro atoms. The molecular weight excluding hydrogens is 272 g/mol. The number of benzene rings is 1. The van der Waals surface area contributed by atoms with E-state index < -0.39 is 11.0 Å². The Morgan fingerprint density at radius 2 is 2.00 bits per heavy atom. The lowest BCUT2D eigenvalue weighted by Crippen LogP contribution is -2.27. The van der Waals surface area contributed by atoms with Gasteiger partial charge in [0.1, 0.15) is 0 Å². The van der Waals surface area contributed by atoms with Crippen LogP contribution in [-0.4, -0.2) is 29.3 Å². The van der Waals surface area contributed by atoms with Gasteiger partial charge in [-0.15, -0.1) is 0 Å². The van der Waals surface area contributed by atoms with Crippen molar-refractivity contribution in [1.29, 1.82) is 0 Å². The Balaban J connectivity index is 2.76. The summed E-state index contributed by atoms with van der Waals surface area (Å²) in [4.78, 5) is 10.4. The Kier molecular flexibility index (Phi) is 6.94. The summed E-state index contributed by atoms with van der Waals surface area (Å²) >= 11 is 0. The van der Waals surface area contributed by atoms with E-state index in [-0.39, 0.29) is 17.4 Å². The van der Waals surface area contributed by atoms with Crippen molar-refractivity contribution in [3.8, 4) is 5.75 Å². The molecule has 0 aromatic heterocycles. The predicted octanol–water partition coefficient (Wildman–Crippen LogP) is 3.20. The van der Waals surface area contributed by atoms with Crippen LogP contribution < -0.4 is 10.1 Å². The summed E-state index contributed by atoms with van der Waals surface area (Å²) in [5, 5.41) is 24.1. The van der Waals surface area contributed by atoms with E-state index in [1.165, 1.54) is 6.07 Å². The molecule has 118 valence electrons. The van der Waals surface area contributed by atoms with E-state index in [0.717, 1.165) is 12.8 Å².